The first-order valence-electron chi connectivity index (χ1n) is 7.41. The number of hydrogen-bond acceptors (Lipinski definition) is 3. The van der Waals surface area contributed by atoms with Gasteiger partial charge in [0.05, 0.1) is 16.9 Å². The van der Waals surface area contributed by atoms with Crippen LogP contribution in [0.3, 0.4) is 0 Å². The van der Waals surface area contributed by atoms with E-state index >= 15 is 0 Å². The Hall–Kier alpha value is -2.07. The van der Waals surface area contributed by atoms with Crippen LogP contribution in [-0.4, -0.2) is 15.3 Å². The molecule has 0 aliphatic rings. The monoisotopic (exact) mass is 310 g/mol. The van der Waals surface area contributed by atoms with E-state index in [0.29, 0.717) is 5.39 Å². The largest absolute Gasteiger partial charge is 0.280 e. The highest BCUT2D eigenvalue weighted by molar-refractivity contribution is 7.99. The Labute approximate surface area is 134 Å². The van der Waals surface area contributed by atoms with Gasteiger partial charge in [0.25, 0.3) is 5.56 Å². The zero-order chi connectivity index (χ0) is 15.5. The summed E-state index contributed by atoms with van der Waals surface area (Å²) in [5.41, 5.74) is 1.90. The van der Waals surface area contributed by atoms with Gasteiger partial charge in [0.15, 0.2) is 5.16 Å². The maximum Gasteiger partial charge on any atom is 0.262 e. The lowest BCUT2D eigenvalue weighted by Crippen LogP contribution is -2.27. The summed E-state index contributed by atoms with van der Waals surface area (Å²) in [4.78, 5) is 17.6. The van der Waals surface area contributed by atoms with E-state index in [9.17, 15) is 4.79 Å². The number of benzene rings is 2. The first-order valence-corrected chi connectivity index (χ1v) is 8.40. The second kappa shape index (κ2) is 6.36. The lowest BCUT2D eigenvalue weighted by atomic mass is 10.1. The molecule has 2 aromatic carbocycles. The SMILES string of the molecule is CCSc1nc2ccccc2c(=O)n1[C@H](C)c1ccccc1. The lowest BCUT2D eigenvalue weighted by molar-refractivity contribution is 0.549. The van der Waals surface area contributed by atoms with Crippen molar-refractivity contribution >= 4 is 22.7 Å². The molecule has 0 spiro atoms. The topological polar surface area (TPSA) is 34.9 Å². The Bertz CT molecular complexity index is 843. The van der Waals surface area contributed by atoms with Crippen LogP contribution in [0.1, 0.15) is 25.5 Å². The summed E-state index contributed by atoms with van der Waals surface area (Å²) in [7, 11) is 0. The van der Waals surface area contributed by atoms with E-state index in [0.717, 1.165) is 22.0 Å². The van der Waals surface area contributed by atoms with Crippen molar-refractivity contribution < 1.29 is 0 Å². The Balaban J connectivity index is 2.24. The third-order valence-corrected chi connectivity index (χ3v) is 4.55. The molecule has 112 valence electrons. The van der Waals surface area contributed by atoms with Crippen molar-refractivity contribution in [3.05, 3.63) is 70.5 Å². The highest BCUT2D eigenvalue weighted by Gasteiger charge is 2.17. The summed E-state index contributed by atoms with van der Waals surface area (Å²) in [6.07, 6.45) is 0. The molecular weight excluding hydrogens is 292 g/mol. The number of rotatable bonds is 4. The van der Waals surface area contributed by atoms with E-state index < -0.39 is 0 Å². The molecule has 3 aromatic rings. The summed E-state index contributed by atoms with van der Waals surface area (Å²) in [5.74, 6) is 0.881. The molecule has 22 heavy (non-hydrogen) atoms. The fourth-order valence-electron chi connectivity index (χ4n) is 2.58. The highest BCUT2D eigenvalue weighted by atomic mass is 32.2. The van der Waals surface area contributed by atoms with Gasteiger partial charge in [-0.3, -0.25) is 9.36 Å². The minimum Gasteiger partial charge on any atom is -0.280 e. The predicted molar refractivity (Wildman–Crippen MR) is 92.7 cm³/mol. The average molecular weight is 310 g/mol. The van der Waals surface area contributed by atoms with Crippen LogP contribution >= 0.6 is 11.8 Å². The lowest BCUT2D eigenvalue weighted by Gasteiger charge is -2.19. The molecule has 0 radical (unpaired) electrons. The van der Waals surface area contributed by atoms with Gasteiger partial charge in [0, 0.05) is 0 Å². The van der Waals surface area contributed by atoms with Crippen LogP contribution in [-0.2, 0) is 0 Å². The zero-order valence-corrected chi connectivity index (χ0v) is 13.5. The van der Waals surface area contributed by atoms with Crippen molar-refractivity contribution in [1.29, 1.82) is 0 Å². The van der Waals surface area contributed by atoms with E-state index in [-0.39, 0.29) is 11.6 Å². The molecule has 1 aromatic heterocycles. The maximum atomic E-state index is 12.9. The van der Waals surface area contributed by atoms with Crippen LogP contribution in [0, 0.1) is 0 Å². The number of hydrogen-bond donors (Lipinski definition) is 0. The summed E-state index contributed by atoms with van der Waals surface area (Å²) < 4.78 is 1.81. The molecule has 0 amide bonds. The van der Waals surface area contributed by atoms with E-state index in [1.165, 1.54) is 0 Å². The summed E-state index contributed by atoms with van der Waals surface area (Å²) in [5, 5.41) is 1.45. The highest BCUT2D eigenvalue weighted by Crippen LogP contribution is 2.24. The number of fused-ring (bicyclic) bond motifs is 1. The fourth-order valence-corrected chi connectivity index (χ4v) is 3.38. The van der Waals surface area contributed by atoms with E-state index in [4.69, 9.17) is 4.98 Å². The molecule has 0 fully saturated rings. The van der Waals surface area contributed by atoms with Crippen LogP contribution in [0.15, 0.2) is 64.5 Å². The van der Waals surface area contributed by atoms with Gasteiger partial charge >= 0.3 is 0 Å². The number of aromatic nitrogens is 2. The van der Waals surface area contributed by atoms with Crippen LogP contribution in [0.5, 0.6) is 0 Å². The first-order chi connectivity index (χ1) is 10.7. The molecule has 1 atom stereocenters. The normalized spacial score (nSPS) is 12.5. The van der Waals surface area contributed by atoms with Crippen LogP contribution in [0.25, 0.3) is 10.9 Å². The van der Waals surface area contributed by atoms with Crippen LogP contribution in [0.2, 0.25) is 0 Å². The Morgan fingerprint density at radius 2 is 1.77 bits per heavy atom. The van der Waals surface area contributed by atoms with Crippen molar-refractivity contribution in [2.24, 2.45) is 0 Å². The molecule has 3 nitrogen and oxygen atoms in total. The van der Waals surface area contributed by atoms with Crippen LogP contribution < -0.4 is 5.56 Å². The molecule has 0 aliphatic heterocycles. The average Bonchev–Trinajstić information content (AvgIpc) is 2.56. The van der Waals surface area contributed by atoms with Gasteiger partial charge in [-0.05, 0) is 30.4 Å². The summed E-state index contributed by atoms with van der Waals surface area (Å²) in [6, 6.07) is 17.6. The number of nitrogens with zero attached hydrogens (tertiary/aromatic N) is 2. The molecule has 0 unspecified atom stereocenters. The minimum absolute atomic E-state index is 0.0258. The Morgan fingerprint density at radius 3 is 2.50 bits per heavy atom. The standard InChI is InChI=1S/C18H18N2OS/c1-3-22-18-19-16-12-8-7-11-15(16)17(21)20(18)13(2)14-9-5-4-6-10-14/h4-13H,3H2,1-2H3/t13-/m1/s1. The second-order valence-electron chi connectivity index (χ2n) is 5.11. The van der Waals surface area contributed by atoms with Gasteiger partial charge in [-0.1, -0.05) is 61.2 Å². The molecule has 0 aliphatic carbocycles. The van der Waals surface area contributed by atoms with E-state index in [1.807, 2.05) is 66.1 Å². The van der Waals surface area contributed by atoms with Gasteiger partial charge in [0.1, 0.15) is 0 Å². The van der Waals surface area contributed by atoms with Gasteiger partial charge < -0.3 is 0 Å². The third-order valence-electron chi connectivity index (χ3n) is 3.72. The number of para-hydroxylation sites is 1. The first kappa shape index (κ1) is 14.9. The zero-order valence-electron chi connectivity index (χ0n) is 12.7. The molecule has 3 rings (SSSR count). The van der Waals surface area contributed by atoms with E-state index in [2.05, 4.69) is 6.92 Å². The number of thioether (sulfide) groups is 1. The fraction of sp³-hybridized carbons (Fsp3) is 0.222. The van der Waals surface area contributed by atoms with Gasteiger partial charge in [-0.15, -0.1) is 0 Å². The predicted octanol–water partition coefficient (Wildman–Crippen LogP) is 4.12. The van der Waals surface area contributed by atoms with Crippen molar-refractivity contribution in [2.45, 2.75) is 25.0 Å². The third kappa shape index (κ3) is 2.66. The molecule has 0 N–H and O–H groups in total. The van der Waals surface area contributed by atoms with Crippen molar-refractivity contribution in [1.82, 2.24) is 9.55 Å². The van der Waals surface area contributed by atoms with E-state index in [1.54, 1.807) is 11.8 Å². The molecular formula is C18H18N2OS. The van der Waals surface area contributed by atoms with Gasteiger partial charge in [0.2, 0.25) is 0 Å². The molecule has 0 bridgehead atoms. The van der Waals surface area contributed by atoms with Gasteiger partial charge in [-0.25, -0.2) is 4.98 Å². The van der Waals surface area contributed by atoms with Crippen molar-refractivity contribution in [3.63, 3.8) is 0 Å². The van der Waals surface area contributed by atoms with Crippen LogP contribution in [0.4, 0.5) is 0 Å². The Morgan fingerprint density at radius 1 is 1.09 bits per heavy atom. The maximum absolute atomic E-state index is 12.9. The molecule has 0 saturated heterocycles. The molecule has 0 saturated carbocycles. The minimum atomic E-state index is -0.0418. The van der Waals surface area contributed by atoms with Crippen molar-refractivity contribution in [2.75, 3.05) is 5.75 Å². The quantitative estimate of drug-likeness (QED) is 0.537. The summed E-state index contributed by atoms with van der Waals surface area (Å²) >= 11 is 1.61. The van der Waals surface area contributed by atoms with Crippen molar-refractivity contribution in [3.8, 4) is 0 Å². The Kier molecular flexibility index (Phi) is 4.29. The summed E-state index contributed by atoms with van der Waals surface area (Å²) in [6.45, 7) is 4.12. The molecule has 1 heterocycles. The van der Waals surface area contributed by atoms with Gasteiger partial charge in [-0.2, -0.15) is 0 Å². The second-order valence-corrected chi connectivity index (χ2v) is 6.34. The smallest absolute Gasteiger partial charge is 0.262 e. The molecule has 4 heteroatoms.